The fourth-order valence-electron chi connectivity index (χ4n) is 3.47. The van der Waals surface area contributed by atoms with E-state index in [1.54, 1.807) is 7.11 Å². The number of rotatable bonds is 3. The fraction of sp³-hybridized carbons (Fsp3) is 0.562. The van der Waals surface area contributed by atoms with Gasteiger partial charge in [0.2, 0.25) is 0 Å². The van der Waals surface area contributed by atoms with E-state index < -0.39 is 0 Å². The number of benzene rings is 1. The van der Waals surface area contributed by atoms with Crippen LogP contribution in [0.4, 0.5) is 5.69 Å². The van der Waals surface area contributed by atoms with E-state index in [9.17, 15) is 0 Å². The van der Waals surface area contributed by atoms with Gasteiger partial charge in [-0.15, -0.1) is 0 Å². The van der Waals surface area contributed by atoms with Crippen molar-refractivity contribution >= 4 is 11.6 Å². The van der Waals surface area contributed by atoms with Gasteiger partial charge in [-0.2, -0.15) is 0 Å². The smallest absolute Gasteiger partial charge is 0.196 e. The first-order valence-electron chi connectivity index (χ1n) is 7.30. The Morgan fingerprint density at radius 3 is 2.80 bits per heavy atom. The third-order valence-corrected chi connectivity index (χ3v) is 4.78. The zero-order valence-electron chi connectivity index (χ0n) is 12.5. The lowest BCUT2D eigenvalue weighted by atomic mass is 9.63. The number of guanidine groups is 1. The Hall–Kier alpha value is -1.71. The summed E-state index contributed by atoms with van der Waals surface area (Å²) in [6.07, 6.45) is 2.35. The highest BCUT2D eigenvalue weighted by Gasteiger charge is 2.53. The maximum absolute atomic E-state index is 6.14. The largest absolute Gasteiger partial charge is 0.497 e. The number of hydrogen-bond acceptors (Lipinski definition) is 4. The van der Waals surface area contributed by atoms with Crippen LogP contribution in [0.2, 0.25) is 0 Å². The van der Waals surface area contributed by atoms with Crippen molar-refractivity contribution < 1.29 is 4.74 Å². The van der Waals surface area contributed by atoms with Crippen molar-refractivity contribution in [3.8, 4) is 5.75 Å². The molecule has 1 aliphatic carbocycles. The lowest BCUT2D eigenvalue weighted by Gasteiger charge is -2.52. The number of ether oxygens (including phenoxy) is 1. The van der Waals surface area contributed by atoms with Gasteiger partial charge in [0.1, 0.15) is 5.75 Å². The van der Waals surface area contributed by atoms with E-state index in [0.29, 0.717) is 5.96 Å². The number of nitrogens with two attached hydrogens (primary N) is 1. The number of nitrogens with zero attached hydrogens (tertiary/aromatic N) is 2. The summed E-state index contributed by atoms with van der Waals surface area (Å²) < 4.78 is 5.32. The molecule has 1 fully saturated rings. The molecule has 0 amide bonds. The first kappa shape index (κ1) is 13.3. The van der Waals surface area contributed by atoms with Gasteiger partial charge in [0.25, 0.3) is 0 Å². The Morgan fingerprint density at radius 1 is 1.40 bits per heavy atom. The maximum atomic E-state index is 6.14. The van der Waals surface area contributed by atoms with Crippen molar-refractivity contribution in [2.45, 2.75) is 32.2 Å². The second-order valence-electron chi connectivity index (χ2n) is 6.35. The monoisotopic (exact) mass is 273 g/mol. The van der Waals surface area contributed by atoms with Crippen LogP contribution in [0, 0.1) is 11.8 Å². The summed E-state index contributed by atoms with van der Waals surface area (Å²) in [6, 6.07) is 8.09. The lowest BCUT2D eigenvalue weighted by molar-refractivity contribution is 0.121. The summed E-state index contributed by atoms with van der Waals surface area (Å²) in [5.41, 5.74) is 7.34. The Balaban J connectivity index is 1.88. The minimum Gasteiger partial charge on any atom is -0.497 e. The van der Waals surface area contributed by atoms with E-state index in [1.807, 2.05) is 18.2 Å². The highest BCUT2D eigenvalue weighted by Crippen LogP contribution is 2.49. The van der Waals surface area contributed by atoms with Crippen molar-refractivity contribution in [1.29, 1.82) is 0 Å². The predicted molar refractivity (Wildman–Crippen MR) is 82.3 cm³/mol. The Kier molecular flexibility index (Phi) is 3.11. The molecule has 4 heteroatoms. The van der Waals surface area contributed by atoms with Crippen molar-refractivity contribution in [2.24, 2.45) is 22.6 Å². The van der Waals surface area contributed by atoms with Gasteiger partial charge < -0.3 is 15.4 Å². The summed E-state index contributed by atoms with van der Waals surface area (Å²) in [6.45, 7) is 5.42. The normalized spacial score (nSPS) is 28.7. The molecule has 20 heavy (non-hydrogen) atoms. The van der Waals surface area contributed by atoms with Gasteiger partial charge in [-0.3, -0.25) is 4.99 Å². The van der Waals surface area contributed by atoms with Crippen molar-refractivity contribution in [3.63, 3.8) is 0 Å². The topological polar surface area (TPSA) is 50.9 Å². The van der Waals surface area contributed by atoms with E-state index in [2.05, 4.69) is 29.8 Å². The molecular formula is C16H23N3O. The quantitative estimate of drug-likeness (QED) is 0.921. The first-order chi connectivity index (χ1) is 9.55. The molecule has 2 N–H and O–H groups in total. The predicted octanol–water partition coefficient (Wildman–Crippen LogP) is 2.63. The molecule has 1 aromatic carbocycles. The number of hydrogen-bond donors (Lipinski definition) is 1. The Morgan fingerprint density at radius 2 is 2.15 bits per heavy atom. The average molecular weight is 273 g/mol. The molecule has 1 spiro atoms. The van der Waals surface area contributed by atoms with E-state index in [0.717, 1.165) is 29.8 Å². The minimum atomic E-state index is 0.103. The number of anilines is 1. The summed E-state index contributed by atoms with van der Waals surface area (Å²) in [7, 11) is 1.69. The molecule has 0 atom stereocenters. The van der Waals surface area contributed by atoms with Gasteiger partial charge in [0.05, 0.1) is 19.2 Å². The molecule has 1 heterocycles. The summed E-state index contributed by atoms with van der Waals surface area (Å²) >= 11 is 0. The van der Waals surface area contributed by atoms with Crippen LogP contribution in [-0.4, -0.2) is 25.2 Å². The molecule has 108 valence electrons. The van der Waals surface area contributed by atoms with Crippen LogP contribution in [0.5, 0.6) is 5.75 Å². The minimum absolute atomic E-state index is 0.103. The first-order valence-corrected chi connectivity index (χ1v) is 7.30. The zero-order valence-corrected chi connectivity index (χ0v) is 12.5. The van der Waals surface area contributed by atoms with E-state index >= 15 is 0 Å². The molecule has 1 aliphatic heterocycles. The van der Waals surface area contributed by atoms with Gasteiger partial charge in [-0.25, -0.2) is 0 Å². The second kappa shape index (κ2) is 4.69. The van der Waals surface area contributed by atoms with Gasteiger partial charge in [-0.1, -0.05) is 19.9 Å². The molecule has 0 unspecified atom stereocenters. The van der Waals surface area contributed by atoms with Gasteiger partial charge in [0.15, 0.2) is 5.96 Å². The highest BCUT2D eigenvalue weighted by molar-refractivity contribution is 5.98. The standard InChI is InChI=1S/C16H23N3O/c1-11(2)12-8-16(9-12)10-18-15(17)19(16)13-5-4-6-14(7-13)20-3/h4-7,11-12H,8-10H2,1-3H3,(H2,17,18). The molecule has 1 saturated carbocycles. The summed E-state index contributed by atoms with van der Waals surface area (Å²) in [5.74, 6) is 3.01. The Bertz CT molecular complexity index is 532. The molecule has 0 bridgehead atoms. The van der Waals surface area contributed by atoms with E-state index in [4.69, 9.17) is 10.5 Å². The van der Waals surface area contributed by atoms with Crippen LogP contribution < -0.4 is 15.4 Å². The van der Waals surface area contributed by atoms with Gasteiger partial charge in [0, 0.05) is 11.8 Å². The van der Waals surface area contributed by atoms with Gasteiger partial charge >= 0.3 is 0 Å². The zero-order chi connectivity index (χ0) is 14.3. The van der Waals surface area contributed by atoms with Crippen LogP contribution in [0.3, 0.4) is 0 Å². The number of methoxy groups -OCH3 is 1. The SMILES string of the molecule is COc1cccc(N2C(N)=NCC23CC(C(C)C)C3)c1. The second-order valence-corrected chi connectivity index (χ2v) is 6.35. The molecule has 0 radical (unpaired) electrons. The van der Waals surface area contributed by atoms with E-state index in [1.165, 1.54) is 12.8 Å². The van der Waals surface area contributed by atoms with Crippen LogP contribution in [0.15, 0.2) is 29.3 Å². The van der Waals surface area contributed by atoms with Crippen molar-refractivity contribution in [1.82, 2.24) is 0 Å². The molecule has 0 saturated heterocycles. The van der Waals surface area contributed by atoms with Crippen molar-refractivity contribution in [2.75, 3.05) is 18.6 Å². The van der Waals surface area contributed by atoms with Crippen molar-refractivity contribution in [3.05, 3.63) is 24.3 Å². The summed E-state index contributed by atoms with van der Waals surface area (Å²) in [4.78, 5) is 6.71. The fourth-order valence-corrected chi connectivity index (χ4v) is 3.47. The van der Waals surface area contributed by atoms with Crippen LogP contribution in [-0.2, 0) is 0 Å². The molecule has 1 aromatic rings. The summed E-state index contributed by atoms with van der Waals surface area (Å²) in [5, 5.41) is 0. The van der Waals surface area contributed by atoms with Crippen LogP contribution in [0.25, 0.3) is 0 Å². The molecule has 2 aliphatic rings. The Labute approximate surface area is 120 Å². The van der Waals surface area contributed by atoms with Crippen LogP contribution >= 0.6 is 0 Å². The molecule has 3 rings (SSSR count). The third-order valence-electron chi connectivity index (χ3n) is 4.78. The van der Waals surface area contributed by atoms with E-state index in [-0.39, 0.29) is 5.54 Å². The maximum Gasteiger partial charge on any atom is 0.196 e. The molecule has 4 nitrogen and oxygen atoms in total. The molecular weight excluding hydrogens is 250 g/mol. The molecule has 0 aromatic heterocycles. The lowest BCUT2D eigenvalue weighted by Crippen LogP contribution is -2.60. The van der Waals surface area contributed by atoms with Crippen LogP contribution in [0.1, 0.15) is 26.7 Å². The average Bonchev–Trinajstić information content (AvgIpc) is 2.74. The number of aliphatic imine (C=N–C) groups is 1. The third kappa shape index (κ3) is 1.94. The van der Waals surface area contributed by atoms with Gasteiger partial charge in [-0.05, 0) is 36.8 Å². The highest BCUT2D eigenvalue weighted by atomic mass is 16.5.